The van der Waals surface area contributed by atoms with Gasteiger partial charge in [0, 0.05) is 18.2 Å². The number of rotatable bonds is 5. The van der Waals surface area contributed by atoms with Gasteiger partial charge in [-0.3, -0.25) is 20.2 Å². The largest absolute Gasteiger partial charge is 0.868 e. The third-order valence-corrected chi connectivity index (χ3v) is 9.16. The molecule has 0 saturated heterocycles. The highest BCUT2D eigenvalue weighted by Gasteiger charge is 2.37. The fourth-order valence-electron chi connectivity index (χ4n) is 1.81. The molecule has 0 aliphatic heterocycles. The summed E-state index contributed by atoms with van der Waals surface area (Å²) in [4.78, 5) is 18.6. The molecule has 2 aromatic rings. The highest BCUT2D eigenvalue weighted by atomic mass is 28.4. The standard InChI is InChI=1S/C12H23N2OSi.C6H4N2O5/c1-12(2,3)16(4,5)15-10-11-6-8-14(13)9-7-11;9-6-2-1-4(7(10)11)3-5(6)8(12)13/h6-9H,10,13H2,1-5H3;1-3,9H/q+1;/p-1. The Labute approximate surface area is 170 Å². The van der Waals surface area contributed by atoms with E-state index in [-0.39, 0.29) is 5.04 Å². The van der Waals surface area contributed by atoms with Crippen molar-refractivity contribution in [2.24, 2.45) is 0 Å². The normalized spacial score (nSPS) is 11.3. The van der Waals surface area contributed by atoms with Crippen molar-refractivity contribution >= 4 is 19.7 Å². The lowest BCUT2D eigenvalue weighted by atomic mass is 10.2. The third kappa shape index (κ3) is 7.12. The van der Waals surface area contributed by atoms with E-state index >= 15 is 0 Å². The van der Waals surface area contributed by atoms with Crippen molar-refractivity contribution in [2.75, 3.05) is 5.84 Å². The second-order valence-corrected chi connectivity index (χ2v) is 12.7. The topological polar surface area (TPSA) is 148 Å². The molecule has 0 radical (unpaired) electrons. The van der Waals surface area contributed by atoms with E-state index in [0.717, 1.165) is 12.1 Å². The molecule has 0 bridgehead atoms. The molecule has 0 aliphatic carbocycles. The molecule has 2 rings (SSSR count). The van der Waals surface area contributed by atoms with E-state index in [4.69, 9.17) is 10.3 Å². The first-order valence-corrected chi connectivity index (χ1v) is 11.6. The van der Waals surface area contributed by atoms with E-state index in [0.29, 0.717) is 12.7 Å². The maximum atomic E-state index is 10.8. The molecule has 10 nitrogen and oxygen atoms in total. The molecule has 0 fully saturated rings. The van der Waals surface area contributed by atoms with Crippen LogP contribution in [0.2, 0.25) is 18.1 Å². The van der Waals surface area contributed by atoms with Gasteiger partial charge in [-0.05, 0) is 29.4 Å². The number of benzene rings is 1. The summed E-state index contributed by atoms with van der Waals surface area (Å²) in [6, 6.07) is 6.36. The number of nitrogens with zero attached hydrogens (tertiary/aromatic N) is 3. The summed E-state index contributed by atoms with van der Waals surface area (Å²) in [5.74, 6) is 4.73. The Morgan fingerprint density at radius 3 is 2.07 bits per heavy atom. The maximum absolute atomic E-state index is 10.8. The van der Waals surface area contributed by atoms with Gasteiger partial charge in [0.2, 0.25) is 0 Å². The maximum Gasteiger partial charge on any atom is 0.276 e. The van der Waals surface area contributed by atoms with Crippen LogP contribution >= 0.6 is 0 Å². The number of non-ortho nitro benzene ring substituents is 1. The van der Waals surface area contributed by atoms with Crippen molar-refractivity contribution in [3.05, 3.63) is 68.5 Å². The highest BCUT2D eigenvalue weighted by molar-refractivity contribution is 6.74. The number of nitrogen functional groups attached to an aromatic ring is 1. The van der Waals surface area contributed by atoms with E-state index in [1.165, 1.54) is 10.2 Å². The van der Waals surface area contributed by atoms with E-state index < -0.39 is 35.3 Å². The smallest absolute Gasteiger partial charge is 0.276 e. The van der Waals surface area contributed by atoms with Crippen LogP contribution in [0.5, 0.6) is 5.75 Å². The molecule has 29 heavy (non-hydrogen) atoms. The van der Waals surface area contributed by atoms with Crippen LogP contribution in [-0.2, 0) is 11.0 Å². The summed E-state index contributed by atoms with van der Waals surface area (Å²) < 4.78 is 7.65. The molecule has 0 aliphatic rings. The molecule has 0 atom stereocenters. The molecule has 0 unspecified atom stereocenters. The fraction of sp³-hybridized carbons (Fsp3) is 0.389. The summed E-state index contributed by atoms with van der Waals surface area (Å²) >= 11 is 0. The van der Waals surface area contributed by atoms with Gasteiger partial charge in [-0.25, -0.2) is 5.84 Å². The average Bonchev–Trinajstić information content (AvgIpc) is 2.61. The van der Waals surface area contributed by atoms with Gasteiger partial charge in [0.05, 0.1) is 22.5 Å². The van der Waals surface area contributed by atoms with Gasteiger partial charge in [0.25, 0.3) is 11.4 Å². The molecule has 11 heteroatoms. The number of nitrogens with two attached hydrogens (primary N) is 1. The molecule has 1 aromatic heterocycles. The summed E-state index contributed by atoms with van der Waals surface area (Å²) in [6.45, 7) is 11.9. The first-order chi connectivity index (χ1) is 13.2. The Bertz CT molecular complexity index is 866. The predicted molar refractivity (Wildman–Crippen MR) is 108 cm³/mol. The Morgan fingerprint density at radius 1 is 1.07 bits per heavy atom. The monoisotopic (exact) mass is 422 g/mol. The van der Waals surface area contributed by atoms with E-state index in [1.807, 2.05) is 24.5 Å². The summed E-state index contributed by atoms with van der Waals surface area (Å²) in [5.41, 5.74) is -0.0768. The zero-order valence-electron chi connectivity index (χ0n) is 17.1. The van der Waals surface area contributed by atoms with Gasteiger partial charge < -0.3 is 9.53 Å². The quantitative estimate of drug-likeness (QED) is 0.256. The van der Waals surface area contributed by atoms with Gasteiger partial charge >= 0.3 is 0 Å². The highest BCUT2D eigenvalue weighted by Crippen LogP contribution is 2.37. The van der Waals surface area contributed by atoms with Crippen molar-refractivity contribution in [2.45, 2.75) is 45.5 Å². The molecular formula is C18H26N4O6Si. The van der Waals surface area contributed by atoms with Gasteiger partial charge in [0.1, 0.15) is 0 Å². The molecule has 0 saturated carbocycles. The molecule has 2 N–H and O–H groups in total. The van der Waals surface area contributed by atoms with E-state index in [9.17, 15) is 25.3 Å². The zero-order valence-corrected chi connectivity index (χ0v) is 18.1. The first-order valence-electron chi connectivity index (χ1n) is 8.73. The van der Waals surface area contributed by atoms with Crippen LogP contribution in [-0.4, -0.2) is 18.2 Å². The Kier molecular flexibility index (Phi) is 7.80. The van der Waals surface area contributed by atoms with Gasteiger partial charge in [-0.2, -0.15) is 0 Å². The minimum absolute atomic E-state index is 0.259. The minimum Gasteiger partial charge on any atom is -0.868 e. The number of aromatic nitrogens is 1. The SMILES string of the molecule is CC(C)(C)[Si](C)(C)OCc1cc[n+](N)cc1.O=[N+]([O-])c1ccc([O-])c([N+](=O)[O-])c1. The van der Waals surface area contributed by atoms with Gasteiger partial charge in [-0.15, -0.1) is 0 Å². The summed E-state index contributed by atoms with van der Waals surface area (Å²) in [6.07, 6.45) is 3.68. The van der Waals surface area contributed by atoms with Gasteiger partial charge in [-0.1, -0.05) is 31.5 Å². The van der Waals surface area contributed by atoms with Crippen molar-refractivity contribution in [3.63, 3.8) is 0 Å². The molecule has 1 heterocycles. The summed E-state index contributed by atoms with van der Waals surface area (Å²) in [7, 11) is -1.64. The van der Waals surface area contributed by atoms with Gasteiger partial charge in [0.15, 0.2) is 20.7 Å². The fourth-order valence-corrected chi connectivity index (χ4v) is 2.77. The lowest BCUT2D eigenvalue weighted by Crippen LogP contribution is -2.43. The van der Waals surface area contributed by atoms with Crippen LogP contribution in [0.4, 0.5) is 11.4 Å². The second-order valence-electron chi connectivity index (χ2n) is 7.87. The summed E-state index contributed by atoms with van der Waals surface area (Å²) in [5, 5.41) is 31.4. The van der Waals surface area contributed by atoms with Crippen LogP contribution in [0.1, 0.15) is 26.3 Å². The molecular weight excluding hydrogens is 396 g/mol. The number of nitro groups is 2. The van der Waals surface area contributed by atoms with Crippen LogP contribution < -0.4 is 15.6 Å². The Hall–Kier alpha value is -3.05. The number of hydrogen-bond acceptors (Lipinski definition) is 7. The van der Waals surface area contributed by atoms with E-state index in [1.54, 1.807) is 0 Å². The van der Waals surface area contributed by atoms with Crippen LogP contribution in [0.3, 0.4) is 0 Å². The predicted octanol–water partition coefficient (Wildman–Crippen LogP) is 2.79. The van der Waals surface area contributed by atoms with Crippen molar-refractivity contribution in [1.29, 1.82) is 0 Å². The van der Waals surface area contributed by atoms with E-state index in [2.05, 4.69) is 33.9 Å². The third-order valence-electron chi connectivity index (χ3n) is 4.68. The van der Waals surface area contributed by atoms with Crippen molar-refractivity contribution in [3.8, 4) is 5.75 Å². The first kappa shape index (κ1) is 24.0. The number of nitro benzene ring substituents is 2. The van der Waals surface area contributed by atoms with Crippen LogP contribution in [0.15, 0.2) is 42.7 Å². The molecule has 0 spiro atoms. The number of hydrogen-bond donors (Lipinski definition) is 1. The van der Waals surface area contributed by atoms with Crippen LogP contribution in [0.25, 0.3) is 0 Å². The average molecular weight is 423 g/mol. The molecule has 158 valence electrons. The molecule has 0 amide bonds. The number of pyridine rings is 1. The minimum atomic E-state index is -1.64. The molecule has 1 aromatic carbocycles. The zero-order chi connectivity index (χ0) is 22.4. The van der Waals surface area contributed by atoms with Crippen LogP contribution in [0, 0.1) is 20.2 Å². The van der Waals surface area contributed by atoms with Crippen molar-refractivity contribution < 1.29 is 24.1 Å². The Balaban J connectivity index is 0.000000296. The Morgan fingerprint density at radius 2 is 1.62 bits per heavy atom. The lowest BCUT2D eigenvalue weighted by Gasteiger charge is -2.36. The lowest BCUT2D eigenvalue weighted by molar-refractivity contribution is -0.639. The van der Waals surface area contributed by atoms with Crippen molar-refractivity contribution in [1.82, 2.24) is 0 Å². The second kappa shape index (κ2) is 9.43.